The van der Waals surface area contributed by atoms with Crippen molar-refractivity contribution in [3.05, 3.63) is 117 Å². The molecule has 1 aliphatic carbocycles. The van der Waals surface area contributed by atoms with Gasteiger partial charge in [0.2, 0.25) is 0 Å². The number of halogens is 1. The molecule has 8 rings (SSSR count). The molecule has 2 saturated heterocycles. The van der Waals surface area contributed by atoms with Crippen LogP contribution in [0.15, 0.2) is 95.7 Å². The molecule has 0 bridgehead atoms. The lowest BCUT2D eigenvalue weighted by molar-refractivity contribution is -0.384. The fraction of sp³-hybridized carbons (Fsp3) is 0.378. The van der Waals surface area contributed by atoms with Gasteiger partial charge in [-0.05, 0) is 116 Å². The highest BCUT2D eigenvalue weighted by Crippen LogP contribution is 2.43. The van der Waals surface area contributed by atoms with Crippen molar-refractivity contribution in [3.8, 4) is 11.5 Å². The molecule has 0 spiro atoms. The van der Waals surface area contributed by atoms with Gasteiger partial charge in [-0.1, -0.05) is 43.2 Å². The molecule has 5 aromatic rings. The minimum Gasteiger partial charge on any atom is -0.455 e. The van der Waals surface area contributed by atoms with E-state index in [1.807, 2.05) is 18.2 Å². The molecule has 14 nitrogen and oxygen atoms in total. The van der Waals surface area contributed by atoms with Crippen LogP contribution in [-0.2, 0) is 10.0 Å². The molecule has 3 aromatic carbocycles. The van der Waals surface area contributed by atoms with Crippen molar-refractivity contribution >= 4 is 61.2 Å². The summed E-state index contributed by atoms with van der Waals surface area (Å²) in [6.45, 7) is 10.9. The van der Waals surface area contributed by atoms with E-state index in [1.165, 1.54) is 35.0 Å². The van der Waals surface area contributed by atoms with Crippen LogP contribution in [0.1, 0.15) is 61.9 Å². The molecule has 0 saturated carbocycles. The Balaban J connectivity index is 1.00. The number of nitrogens with zero attached hydrogens (tertiary/aromatic N) is 4. The number of carbonyl (C=O) groups is 1. The summed E-state index contributed by atoms with van der Waals surface area (Å²) in [4.78, 5) is 37.1. The van der Waals surface area contributed by atoms with Gasteiger partial charge >= 0.3 is 0 Å². The Kier molecular flexibility index (Phi) is 12.4. The van der Waals surface area contributed by atoms with Gasteiger partial charge in [-0.2, -0.15) is 0 Å². The van der Waals surface area contributed by atoms with Crippen LogP contribution in [-0.4, -0.2) is 86.5 Å². The SMILES string of the molecule is CC1(C)CCC(CN2CCN(c3ccc(C(=O)NS(=O)(=O)c4ccc(NCC5CCNCC5)c([N+](=O)[O-])c4)c(Oc4cnc5[nH]ccc5c4)c3)CC2)=C(c2ccc(Cl)cc2)C1. The number of hydrogen-bond acceptors (Lipinski definition) is 11. The first-order valence-corrected chi connectivity index (χ1v) is 22.7. The molecule has 61 heavy (non-hydrogen) atoms. The number of nitro groups is 1. The summed E-state index contributed by atoms with van der Waals surface area (Å²) in [6.07, 6.45) is 8.36. The number of piperazine rings is 1. The summed E-state index contributed by atoms with van der Waals surface area (Å²) in [5.41, 5.74) is 5.61. The number of pyridine rings is 1. The zero-order chi connectivity index (χ0) is 42.7. The van der Waals surface area contributed by atoms with Crippen LogP contribution >= 0.6 is 11.6 Å². The van der Waals surface area contributed by atoms with Gasteiger partial charge in [-0.25, -0.2) is 18.1 Å². The van der Waals surface area contributed by atoms with Crippen molar-refractivity contribution < 1.29 is 22.9 Å². The number of carbonyl (C=O) groups excluding carboxylic acids is 1. The number of ether oxygens (including phenoxy) is 1. The van der Waals surface area contributed by atoms with Crippen LogP contribution < -0.4 is 25.0 Å². The molecule has 2 aromatic heterocycles. The van der Waals surface area contributed by atoms with E-state index in [9.17, 15) is 23.3 Å². The maximum atomic E-state index is 13.9. The molecule has 3 aliphatic rings. The quantitative estimate of drug-likeness (QED) is 0.0663. The van der Waals surface area contributed by atoms with Crippen molar-refractivity contribution in [1.82, 2.24) is 24.9 Å². The minimum atomic E-state index is -4.54. The third-order valence-corrected chi connectivity index (χ3v) is 13.7. The number of anilines is 2. The Morgan fingerprint density at radius 1 is 1.02 bits per heavy atom. The number of rotatable bonds is 13. The smallest absolute Gasteiger partial charge is 0.293 e. The van der Waals surface area contributed by atoms with E-state index >= 15 is 0 Å². The van der Waals surface area contributed by atoms with Gasteiger partial charge in [0.25, 0.3) is 21.6 Å². The number of allylic oxidation sites excluding steroid dienone is 1. The molecule has 4 N–H and O–H groups in total. The molecule has 0 atom stereocenters. The van der Waals surface area contributed by atoms with E-state index in [-0.39, 0.29) is 22.4 Å². The predicted octanol–water partition coefficient (Wildman–Crippen LogP) is 8.23. The lowest BCUT2D eigenvalue weighted by atomic mass is 9.72. The highest BCUT2D eigenvalue weighted by Gasteiger charge is 2.30. The average molecular weight is 867 g/mol. The number of piperidine rings is 1. The third kappa shape index (κ3) is 10.0. The summed E-state index contributed by atoms with van der Waals surface area (Å²) in [5, 5.41) is 20.0. The Morgan fingerprint density at radius 2 is 1.79 bits per heavy atom. The van der Waals surface area contributed by atoms with Crippen LogP contribution in [0.2, 0.25) is 5.02 Å². The summed E-state index contributed by atoms with van der Waals surface area (Å²) in [5.74, 6) is -0.119. The van der Waals surface area contributed by atoms with Gasteiger partial charge < -0.3 is 25.3 Å². The van der Waals surface area contributed by atoms with Crippen molar-refractivity contribution in [2.24, 2.45) is 11.3 Å². The maximum absolute atomic E-state index is 13.9. The fourth-order valence-electron chi connectivity index (χ4n) is 8.54. The Labute approximate surface area is 360 Å². The lowest BCUT2D eigenvalue weighted by Crippen LogP contribution is -2.47. The van der Waals surface area contributed by atoms with Crippen molar-refractivity contribution in [2.75, 3.05) is 62.6 Å². The number of aromatic nitrogens is 2. The first-order chi connectivity index (χ1) is 29.3. The molecule has 4 heterocycles. The fourth-order valence-corrected chi connectivity index (χ4v) is 9.65. The number of amides is 1. The molecule has 2 fully saturated rings. The van der Waals surface area contributed by atoms with Crippen molar-refractivity contribution in [1.29, 1.82) is 0 Å². The number of sulfonamides is 1. The highest BCUT2D eigenvalue weighted by atomic mass is 35.5. The summed E-state index contributed by atoms with van der Waals surface area (Å²) >= 11 is 6.24. The molecule has 320 valence electrons. The number of nitrogens with one attached hydrogen (secondary N) is 4. The number of H-pyrrole nitrogens is 1. The van der Waals surface area contributed by atoms with Gasteiger partial charge in [0.1, 0.15) is 22.8 Å². The normalized spacial score (nSPS) is 17.7. The van der Waals surface area contributed by atoms with Gasteiger partial charge in [-0.15, -0.1) is 0 Å². The molecule has 16 heteroatoms. The van der Waals surface area contributed by atoms with Crippen LogP contribution in [0.4, 0.5) is 17.1 Å². The topological polar surface area (TPSA) is 175 Å². The molecule has 0 unspecified atom stereocenters. The van der Waals surface area contributed by atoms with Gasteiger partial charge in [0, 0.05) is 73.7 Å². The summed E-state index contributed by atoms with van der Waals surface area (Å²) in [7, 11) is -4.54. The average Bonchev–Trinajstić information content (AvgIpc) is 3.72. The number of benzene rings is 3. The zero-order valence-corrected chi connectivity index (χ0v) is 35.9. The van der Waals surface area contributed by atoms with Gasteiger partial charge in [0.05, 0.1) is 21.6 Å². The molecular formula is C45H51ClN8O6S. The molecule has 2 aliphatic heterocycles. The Hall–Kier alpha value is -5.48. The van der Waals surface area contributed by atoms with E-state index in [0.29, 0.717) is 23.9 Å². The maximum Gasteiger partial charge on any atom is 0.293 e. The minimum absolute atomic E-state index is 0.0308. The molecular weight excluding hydrogens is 816 g/mol. The second-order valence-electron chi connectivity index (χ2n) is 17.0. The van der Waals surface area contributed by atoms with E-state index in [4.69, 9.17) is 16.3 Å². The van der Waals surface area contributed by atoms with Crippen LogP contribution in [0.25, 0.3) is 16.6 Å². The monoisotopic (exact) mass is 866 g/mol. The lowest BCUT2D eigenvalue weighted by Gasteiger charge is -2.39. The number of nitro benzene ring substituents is 1. The highest BCUT2D eigenvalue weighted by molar-refractivity contribution is 7.90. The van der Waals surface area contributed by atoms with E-state index < -0.39 is 31.4 Å². The molecule has 1 amide bonds. The number of aromatic amines is 1. The van der Waals surface area contributed by atoms with E-state index in [2.05, 4.69) is 61.1 Å². The van der Waals surface area contributed by atoms with E-state index in [1.54, 1.807) is 30.5 Å². The number of fused-ring (bicyclic) bond motifs is 1. The standard InChI is InChI=1S/C45H51ClN8O6S/c1-45(2)15-11-33(39(26-45)31-3-5-34(46)6-4-31)29-52-19-21-53(22-20-52)35-7-9-38(42(24-35)60-36-23-32-14-18-48-43(32)50-28-36)44(55)51-61(58,59)37-8-10-40(41(25-37)54(56)57)49-27-30-12-16-47-17-13-30/h3-10,14,18,23-25,28,30,47,49H,11-13,15-17,19-22,26-27,29H2,1-2H3,(H,48,50)(H,51,55). The summed E-state index contributed by atoms with van der Waals surface area (Å²) < 4.78 is 35.8. The first kappa shape index (κ1) is 42.2. The first-order valence-electron chi connectivity index (χ1n) is 20.8. The van der Waals surface area contributed by atoms with Crippen molar-refractivity contribution in [3.63, 3.8) is 0 Å². The predicted molar refractivity (Wildman–Crippen MR) is 239 cm³/mol. The Bertz CT molecular complexity index is 2560. The zero-order valence-electron chi connectivity index (χ0n) is 34.4. The third-order valence-electron chi connectivity index (χ3n) is 12.1. The van der Waals surface area contributed by atoms with Crippen LogP contribution in [0.3, 0.4) is 0 Å². The second-order valence-corrected chi connectivity index (χ2v) is 19.1. The van der Waals surface area contributed by atoms with Crippen molar-refractivity contribution in [2.45, 2.75) is 50.8 Å². The summed E-state index contributed by atoms with van der Waals surface area (Å²) in [6, 6.07) is 20.5. The van der Waals surface area contributed by atoms with Gasteiger partial charge in [-0.3, -0.25) is 19.8 Å². The van der Waals surface area contributed by atoms with Gasteiger partial charge in [0.15, 0.2) is 0 Å². The largest absolute Gasteiger partial charge is 0.455 e. The van der Waals surface area contributed by atoms with Crippen LogP contribution in [0, 0.1) is 21.4 Å². The van der Waals surface area contributed by atoms with E-state index in [0.717, 1.165) is 100 Å². The second kappa shape index (κ2) is 17.9. The van der Waals surface area contributed by atoms with Crippen LogP contribution in [0.5, 0.6) is 11.5 Å². The Morgan fingerprint density at radius 3 is 2.54 bits per heavy atom. The molecule has 0 radical (unpaired) electrons. The number of hydrogen-bond donors (Lipinski definition) is 4.